The molecule has 6 nitrogen and oxygen atoms in total. The Balaban J connectivity index is 1.74. The van der Waals surface area contributed by atoms with Gasteiger partial charge >= 0.3 is 30.6 Å². The van der Waals surface area contributed by atoms with Crippen molar-refractivity contribution in [3.63, 3.8) is 0 Å². The van der Waals surface area contributed by atoms with Crippen LogP contribution in [0.5, 0.6) is 0 Å². The molecule has 3 aromatic carbocycles. The molecule has 0 aromatic heterocycles. The van der Waals surface area contributed by atoms with Crippen molar-refractivity contribution in [3.05, 3.63) is 83.4 Å². The second-order valence-electron chi connectivity index (χ2n) is 7.57. The number of carbonyl (C=O) groups excluding carboxylic acids is 2. The third-order valence-electron chi connectivity index (χ3n) is 4.73. The normalized spacial score (nSPS) is 12.0. The van der Waals surface area contributed by atoms with Crippen LogP contribution >= 0.6 is 0 Å². The first-order valence-electron chi connectivity index (χ1n) is 10.2. The van der Waals surface area contributed by atoms with Gasteiger partial charge < -0.3 is 21.3 Å². The zero-order chi connectivity index (χ0) is 28.3. The highest BCUT2D eigenvalue weighted by Crippen LogP contribution is 2.37. The van der Waals surface area contributed by atoms with Gasteiger partial charge in [-0.2, -0.15) is 39.5 Å². The number of halogens is 9. The van der Waals surface area contributed by atoms with Gasteiger partial charge in [-0.05, 0) is 54.6 Å². The Morgan fingerprint density at radius 1 is 0.500 bits per heavy atom. The summed E-state index contributed by atoms with van der Waals surface area (Å²) in [4.78, 5) is 24.3. The van der Waals surface area contributed by atoms with Gasteiger partial charge in [0.15, 0.2) is 0 Å². The van der Waals surface area contributed by atoms with E-state index in [-0.39, 0.29) is 11.4 Å². The molecular weight excluding hydrogens is 535 g/mol. The zero-order valence-corrected chi connectivity index (χ0v) is 18.6. The number of alkyl halides is 9. The summed E-state index contributed by atoms with van der Waals surface area (Å²) in [5, 5.41) is 7.97. The zero-order valence-electron chi connectivity index (χ0n) is 18.6. The van der Waals surface area contributed by atoms with Crippen LogP contribution in [-0.2, 0) is 18.5 Å². The van der Waals surface area contributed by atoms with Crippen LogP contribution in [0, 0.1) is 0 Å². The molecule has 15 heteroatoms. The molecule has 4 N–H and O–H groups in total. The molecule has 0 spiro atoms. The molecule has 3 aromatic rings. The fraction of sp³-hybridized carbons (Fsp3) is 0.130. The van der Waals surface area contributed by atoms with E-state index in [0.29, 0.717) is 18.2 Å². The van der Waals surface area contributed by atoms with E-state index in [9.17, 15) is 49.1 Å². The number of rotatable bonds is 4. The van der Waals surface area contributed by atoms with E-state index < -0.39 is 58.7 Å². The lowest BCUT2D eigenvalue weighted by molar-refractivity contribution is -0.138. The van der Waals surface area contributed by atoms with Crippen LogP contribution in [0.3, 0.4) is 0 Å². The smallest absolute Gasteiger partial charge is 0.308 e. The maximum Gasteiger partial charge on any atom is 0.418 e. The minimum atomic E-state index is -5.05. The van der Waals surface area contributed by atoms with Crippen LogP contribution in [-0.4, -0.2) is 12.1 Å². The standard InChI is InChI=1S/C23H15F9N4O2/c24-21(25,26)12-3-1-5-14(9-12)33-19(37)35-16-7-8-18(17(11-16)23(30,31)32)36-20(38)34-15-6-2-4-13(10-15)22(27,28)29/h1-11H,(H2,33,35,37)(H2,34,36,38). The molecule has 0 unspecified atom stereocenters. The van der Waals surface area contributed by atoms with Crippen molar-refractivity contribution in [1.82, 2.24) is 0 Å². The molecule has 38 heavy (non-hydrogen) atoms. The topological polar surface area (TPSA) is 82.3 Å². The number of anilines is 4. The Hall–Kier alpha value is -4.43. The monoisotopic (exact) mass is 550 g/mol. The molecule has 3 rings (SSSR count). The highest BCUT2D eigenvalue weighted by Gasteiger charge is 2.35. The van der Waals surface area contributed by atoms with Gasteiger partial charge in [-0.25, -0.2) is 9.59 Å². The van der Waals surface area contributed by atoms with E-state index in [1.165, 1.54) is 0 Å². The van der Waals surface area contributed by atoms with Crippen LogP contribution in [0.2, 0.25) is 0 Å². The van der Waals surface area contributed by atoms with Crippen molar-refractivity contribution >= 4 is 34.8 Å². The highest BCUT2D eigenvalue weighted by atomic mass is 19.4. The summed E-state index contributed by atoms with van der Waals surface area (Å²) in [5.41, 5.74) is -5.41. The fourth-order valence-corrected chi connectivity index (χ4v) is 3.09. The molecular formula is C23H15F9N4O2. The van der Waals surface area contributed by atoms with Gasteiger partial charge in [-0.15, -0.1) is 0 Å². The van der Waals surface area contributed by atoms with Gasteiger partial charge in [0.05, 0.1) is 22.4 Å². The summed E-state index contributed by atoms with van der Waals surface area (Å²) in [6.07, 6.45) is -14.5. The number of benzene rings is 3. The molecule has 0 radical (unpaired) electrons. The van der Waals surface area contributed by atoms with Crippen molar-refractivity contribution in [3.8, 4) is 0 Å². The number of urea groups is 2. The molecule has 0 aliphatic rings. The second kappa shape index (κ2) is 10.5. The first kappa shape index (κ1) is 28.1. The van der Waals surface area contributed by atoms with Gasteiger partial charge in [0.25, 0.3) is 0 Å². The third kappa shape index (κ3) is 7.54. The van der Waals surface area contributed by atoms with E-state index in [1.807, 2.05) is 16.0 Å². The first-order chi connectivity index (χ1) is 17.5. The third-order valence-corrected chi connectivity index (χ3v) is 4.73. The lowest BCUT2D eigenvalue weighted by Crippen LogP contribution is -2.23. The van der Waals surface area contributed by atoms with Gasteiger partial charge in [0, 0.05) is 17.1 Å². The number of amides is 4. The van der Waals surface area contributed by atoms with Gasteiger partial charge in [0.1, 0.15) is 0 Å². The van der Waals surface area contributed by atoms with E-state index in [2.05, 4.69) is 5.32 Å². The SMILES string of the molecule is O=C(Nc1cccc(C(F)(F)F)c1)Nc1ccc(NC(=O)Nc2cccc(C(F)(F)F)c2)c(C(F)(F)F)c1. The second-order valence-corrected chi connectivity index (χ2v) is 7.57. The van der Waals surface area contributed by atoms with Crippen LogP contribution in [0.1, 0.15) is 16.7 Å². The summed E-state index contributed by atoms with van der Waals surface area (Å²) < 4.78 is 118. The average molecular weight is 550 g/mol. The van der Waals surface area contributed by atoms with Gasteiger partial charge in [0.2, 0.25) is 0 Å². The van der Waals surface area contributed by atoms with Crippen LogP contribution in [0.15, 0.2) is 66.7 Å². The molecule has 0 aliphatic carbocycles. The Kier molecular flexibility index (Phi) is 7.79. The van der Waals surface area contributed by atoms with Crippen molar-refractivity contribution in [2.45, 2.75) is 18.5 Å². The van der Waals surface area contributed by atoms with E-state index in [4.69, 9.17) is 0 Å². The van der Waals surface area contributed by atoms with Crippen molar-refractivity contribution < 1.29 is 49.1 Å². The number of carbonyl (C=O) groups is 2. The van der Waals surface area contributed by atoms with Gasteiger partial charge in [-0.3, -0.25) is 0 Å². The predicted octanol–water partition coefficient (Wildman–Crippen LogP) is 8.03. The summed E-state index contributed by atoms with van der Waals surface area (Å²) >= 11 is 0. The van der Waals surface area contributed by atoms with Crippen LogP contribution in [0.25, 0.3) is 0 Å². The summed E-state index contributed by atoms with van der Waals surface area (Å²) in [6, 6.07) is 6.68. The maximum absolute atomic E-state index is 13.6. The molecule has 0 saturated carbocycles. The molecule has 202 valence electrons. The number of hydrogen-bond acceptors (Lipinski definition) is 2. The molecule has 0 atom stereocenters. The summed E-state index contributed by atoms with van der Waals surface area (Å²) in [5.74, 6) is 0. The maximum atomic E-state index is 13.6. The quantitative estimate of drug-likeness (QED) is 0.248. The Bertz CT molecular complexity index is 1340. The van der Waals surface area contributed by atoms with Crippen LogP contribution in [0.4, 0.5) is 71.9 Å². The summed E-state index contributed by atoms with van der Waals surface area (Å²) in [6.45, 7) is 0. The van der Waals surface area contributed by atoms with E-state index in [0.717, 1.165) is 48.5 Å². The van der Waals surface area contributed by atoms with E-state index >= 15 is 0 Å². The first-order valence-corrected chi connectivity index (χ1v) is 10.2. The van der Waals surface area contributed by atoms with Crippen molar-refractivity contribution in [1.29, 1.82) is 0 Å². The molecule has 0 fully saturated rings. The fourth-order valence-electron chi connectivity index (χ4n) is 3.09. The number of nitrogens with one attached hydrogen (secondary N) is 4. The molecule has 0 saturated heterocycles. The summed E-state index contributed by atoms with van der Waals surface area (Å²) in [7, 11) is 0. The Labute approximate surface area is 207 Å². The minimum Gasteiger partial charge on any atom is -0.308 e. The predicted molar refractivity (Wildman–Crippen MR) is 120 cm³/mol. The lowest BCUT2D eigenvalue weighted by atomic mass is 10.1. The minimum absolute atomic E-state index is 0.280. The van der Waals surface area contributed by atoms with Gasteiger partial charge in [-0.1, -0.05) is 12.1 Å². The largest absolute Gasteiger partial charge is 0.418 e. The van der Waals surface area contributed by atoms with Crippen LogP contribution < -0.4 is 21.3 Å². The Morgan fingerprint density at radius 3 is 1.34 bits per heavy atom. The molecule has 0 aliphatic heterocycles. The average Bonchev–Trinajstić information content (AvgIpc) is 2.78. The molecule has 0 heterocycles. The lowest BCUT2D eigenvalue weighted by Gasteiger charge is -2.17. The number of hydrogen-bond donors (Lipinski definition) is 4. The van der Waals surface area contributed by atoms with Crippen molar-refractivity contribution in [2.75, 3.05) is 21.3 Å². The highest BCUT2D eigenvalue weighted by molar-refractivity contribution is 6.02. The van der Waals surface area contributed by atoms with E-state index in [1.54, 1.807) is 0 Å². The molecule has 0 bridgehead atoms. The van der Waals surface area contributed by atoms with Crippen molar-refractivity contribution in [2.24, 2.45) is 0 Å². The molecule has 4 amide bonds. The Morgan fingerprint density at radius 2 is 0.921 bits per heavy atom.